The molecule has 0 fully saturated rings. The topological polar surface area (TPSA) is 204 Å². The molecule has 15 nitrogen and oxygen atoms in total. The molecule has 298 valence electrons. The van der Waals surface area contributed by atoms with E-state index in [1.165, 1.54) is 46.6 Å². The fourth-order valence-corrected chi connectivity index (χ4v) is 2.97. The van der Waals surface area contributed by atoms with Gasteiger partial charge in [0.05, 0.1) is 61.8 Å². The first-order chi connectivity index (χ1) is 24.6. The van der Waals surface area contributed by atoms with Crippen molar-refractivity contribution in [1.82, 2.24) is 0 Å². The SMILES string of the molecule is COc1cc(C=NCCOCCO)ccc1OC(=O)[C@@H](C)OC.COc1cc(C=O)ccc1OC(=O)[C@@H](C)OC.Cl.NCCOCCO.[2H]C(Cl)(Cl)Cl. The van der Waals surface area contributed by atoms with E-state index < -0.39 is 28.4 Å². The van der Waals surface area contributed by atoms with E-state index in [0.717, 1.165) is 5.56 Å². The molecule has 4 N–H and O–H groups in total. The van der Waals surface area contributed by atoms with Crippen molar-refractivity contribution >= 4 is 71.6 Å². The quantitative estimate of drug-likeness (QED) is 0.0460. The number of nitrogens with two attached hydrogens (primary N) is 1. The maximum absolute atomic E-state index is 11.7. The fourth-order valence-electron chi connectivity index (χ4n) is 2.97. The van der Waals surface area contributed by atoms with Gasteiger partial charge < -0.3 is 53.8 Å². The van der Waals surface area contributed by atoms with Gasteiger partial charge in [-0.1, -0.05) is 34.8 Å². The van der Waals surface area contributed by atoms with Gasteiger partial charge in [0.25, 0.3) is 0 Å². The normalized spacial score (nSPS) is 11.7. The number of methoxy groups -OCH3 is 4. The first-order valence-electron chi connectivity index (χ1n) is 15.6. The Labute approximate surface area is 327 Å². The Kier molecular flexibility index (Phi) is 34.8. The number of aliphatic imine (C=N–C) groups is 1. The number of hydrogen-bond acceptors (Lipinski definition) is 15. The molecule has 0 amide bonds. The lowest BCUT2D eigenvalue weighted by molar-refractivity contribution is -0.145. The average molecular weight is 826 g/mol. The minimum atomic E-state index is -1.83. The van der Waals surface area contributed by atoms with Gasteiger partial charge in [-0.3, -0.25) is 9.79 Å². The lowest BCUT2D eigenvalue weighted by atomic mass is 10.2. The van der Waals surface area contributed by atoms with Crippen molar-refractivity contribution in [1.29, 1.82) is 0 Å². The molecular weight excluding hydrogens is 774 g/mol. The molecule has 0 heterocycles. The summed E-state index contributed by atoms with van der Waals surface area (Å²) >= 11 is 14.2. The molecule has 52 heavy (non-hydrogen) atoms. The number of nitrogens with zero attached hydrogens (tertiary/aromatic N) is 1. The van der Waals surface area contributed by atoms with Crippen LogP contribution in [-0.2, 0) is 28.5 Å². The van der Waals surface area contributed by atoms with E-state index in [1.807, 2.05) is 0 Å². The van der Waals surface area contributed by atoms with Gasteiger partial charge in [-0.05, 0) is 55.8 Å². The van der Waals surface area contributed by atoms with Crippen molar-refractivity contribution in [2.75, 3.05) is 81.2 Å². The second kappa shape index (κ2) is 35.2. The number of benzene rings is 2. The third-order valence-corrected chi connectivity index (χ3v) is 5.64. The molecule has 0 aliphatic rings. The minimum Gasteiger partial charge on any atom is -0.493 e. The van der Waals surface area contributed by atoms with E-state index in [2.05, 4.69) is 4.99 Å². The summed E-state index contributed by atoms with van der Waals surface area (Å²) in [6, 6.07) is 9.66. The smallest absolute Gasteiger partial charge is 0.340 e. The molecule has 2 aromatic carbocycles. The number of aldehydes is 1. The summed E-state index contributed by atoms with van der Waals surface area (Å²) in [4.78, 5) is 38.0. The standard InChI is InChI=1S/C16H23NO6.C12H14O5.C4H11NO2.CHCl3.ClH/c1-12(20-2)16(19)23-14-5-4-13(10-15(14)21-3)11-17-6-8-22-9-7-18;1-8(15-2)12(14)17-10-5-4-9(7-13)6-11(10)16-3;5-1-3-7-4-2-6;2-1(3)4;/h4-5,10-12,18H,6-9H2,1-3H3;4-8H,1-3H3;6H,1-5H2;1H;1H/t12-;8-;;;/m11.../s1/i;;;1D;. The number of ether oxygens (including phenoxy) is 8. The Balaban J connectivity index is -0.000000726. The fraction of sp³-hybridized carbons (Fsp3) is 0.515. The molecule has 19 heteroatoms. The number of halogens is 4. The number of rotatable bonds is 19. The molecule has 2 aromatic rings. The number of carbonyl (C=O) groups excluding carboxylic acids is 3. The molecule has 0 aromatic heterocycles. The summed E-state index contributed by atoms with van der Waals surface area (Å²) in [6.45, 7) is 5.98. The van der Waals surface area contributed by atoms with Gasteiger partial charge in [-0.2, -0.15) is 0 Å². The van der Waals surface area contributed by atoms with Gasteiger partial charge in [-0.25, -0.2) is 9.59 Å². The van der Waals surface area contributed by atoms with Crippen LogP contribution in [0.3, 0.4) is 0 Å². The lowest BCUT2D eigenvalue weighted by Crippen LogP contribution is -2.24. The van der Waals surface area contributed by atoms with Gasteiger partial charge in [-0.15, -0.1) is 12.4 Å². The zero-order chi connectivity index (χ0) is 40.0. The Hall–Kier alpha value is -2.80. The maximum Gasteiger partial charge on any atom is 0.340 e. The number of aliphatic hydroxyl groups excluding tert-OH is 2. The van der Waals surface area contributed by atoms with Crippen LogP contribution in [0.15, 0.2) is 41.4 Å². The molecule has 2 atom stereocenters. The molecule has 0 aliphatic carbocycles. The first kappa shape index (κ1) is 51.3. The van der Waals surface area contributed by atoms with Crippen molar-refractivity contribution < 1.29 is 63.9 Å². The van der Waals surface area contributed by atoms with Crippen LogP contribution in [0.2, 0.25) is 0 Å². The zero-order valence-electron chi connectivity index (χ0n) is 30.9. The van der Waals surface area contributed by atoms with Crippen molar-refractivity contribution in [3.8, 4) is 23.0 Å². The van der Waals surface area contributed by atoms with Gasteiger partial charge in [0.1, 0.15) is 6.29 Å². The van der Waals surface area contributed by atoms with Gasteiger partial charge in [0, 0.05) is 32.5 Å². The van der Waals surface area contributed by atoms with Crippen LogP contribution in [0.4, 0.5) is 0 Å². The van der Waals surface area contributed by atoms with Crippen LogP contribution in [0.5, 0.6) is 23.0 Å². The third kappa shape index (κ3) is 26.9. The molecule has 0 saturated heterocycles. The Morgan fingerprint density at radius 2 is 1.21 bits per heavy atom. The summed E-state index contributed by atoms with van der Waals surface area (Å²) < 4.78 is 44.6. The van der Waals surface area contributed by atoms with Crippen LogP contribution in [-0.4, -0.2) is 132 Å². The monoisotopic (exact) mass is 823 g/mol. The summed E-state index contributed by atoms with van der Waals surface area (Å²) in [5.74, 6) is 0.322. The highest BCUT2D eigenvalue weighted by Gasteiger charge is 2.18. The molecule has 0 aliphatic heterocycles. The van der Waals surface area contributed by atoms with Gasteiger partial charge in [0.2, 0.25) is 0 Å². The van der Waals surface area contributed by atoms with Crippen molar-refractivity contribution in [3.63, 3.8) is 0 Å². The highest BCUT2D eigenvalue weighted by molar-refractivity contribution is 6.63. The molecule has 2 rings (SSSR count). The van der Waals surface area contributed by atoms with Gasteiger partial charge in [0.15, 0.2) is 39.5 Å². The number of hydrogen-bond donors (Lipinski definition) is 3. The van der Waals surface area contributed by atoms with Gasteiger partial charge >= 0.3 is 11.9 Å². The Morgan fingerprint density at radius 3 is 1.60 bits per heavy atom. The molecule has 0 bridgehead atoms. The van der Waals surface area contributed by atoms with Crippen molar-refractivity contribution in [2.24, 2.45) is 10.7 Å². The largest absolute Gasteiger partial charge is 0.493 e. The molecule has 0 radical (unpaired) electrons. The lowest BCUT2D eigenvalue weighted by Gasteiger charge is -2.12. The van der Waals surface area contributed by atoms with E-state index in [-0.39, 0.29) is 31.4 Å². The predicted octanol–water partition coefficient (Wildman–Crippen LogP) is 3.87. The number of esters is 2. The van der Waals surface area contributed by atoms with Crippen LogP contribution in [0.25, 0.3) is 0 Å². The summed E-state index contributed by atoms with van der Waals surface area (Å²) in [6.07, 6.45) is 1.05. The van der Waals surface area contributed by atoms with E-state index >= 15 is 0 Å². The molecular formula is C33H50Cl4N2O13. The second-order valence-electron chi connectivity index (χ2n) is 9.25. The summed E-state index contributed by atoms with van der Waals surface area (Å²) in [5, 5.41) is 16.7. The summed E-state index contributed by atoms with van der Waals surface area (Å²) in [7, 11) is 5.78. The van der Waals surface area contributed by atoms with Crippen LogP contribution in [0, 0.1) is 0 Å². The summed E-state index contributed by atoms with van der Waals surface area (Å²) in [5.41, 5.74) is 6.32. The van der Waals surface area contributed by atoms with Crippen molar-refractivity contribution in [3.05, 3.63) is 47.5 Å². The predicted molar refractivity (Wildman–Crippen MR) is 202 cm³/mol. The van der Waals surface area contributed by atoms with Crippen LogP contribution >= 0.6 is 47.2 Å². The molecule has 0 unspecified atom stereocenters. The van der Waals surface area contributed by atoms with E-state index in [4.69, 9.17) is 90.0 Å². The van der Waals surface area contributed by atoms with Crippen molar-refractivity contribution in [2.45, 2.75) is 30.3 Å². The number of aliphatic hydroxyl groups is 2. The van der Waals surface area contributed by atoms with E-state index in [0.29, 0.717) is 68.6 Å². The Morgan fingerprint density at radius 1 is 0.788 bits per heavy atom. The Bertz CT molecular complexity index is 1300. The number of alkyl halides is 3. The van der Waals surface area contributed by atoms with E-state index in [1.54, 1.807) is 38.3 Å². The van der Waals surface area contributed by atoms with Crippen LogP contribution < -0.4 is 24.7 Å². The molecule has 0 saturated carbocycles. The molecule has 0 spiro atoms. The number of carbonyl (C=O) groups is 3. The minimum absolute atomic E-state index is 0. The van der Waals surface area contributed by atoms with Crippen LogP contribution in [0.1, 0.15) is 31.1 Å². The third-order valence-electron chi connectivity index (χ3n) is 5.64. The first-order valence-corrected chi connectivity index (χ1v) is 16.2. The second-order valence-corrected chi connectivity index (χ2v) is 11.0. The average Bonchev–Trinajstić information content (AvgIpc) is 3.12. The highest BCUT2D eigenvalue weighted by atomic mass is 35.6. The van der Waals surface area contributed by atoms with E-state index in [9.17, 15) is 14.4 Å². The highest BCUT2D eigenvalue weighted by Crippen LogP contribution is 2.29. The maximum atomic E-state index is 11.7. The zero-order valence-corrected chi connectivity index (χ0v) is 33.0.